The first-order valence-corrected chi connectivity index (χ1v) is 6.35. The van der Waals surface area contributed by atoms with Crippen molar-refractivity contribution in [2.24, 2.45) is 0 Å². The number of likely N-dealkylation sites (N-methyl/N-ethyl adjacent to an activating group) is 1. The summed E-state index contributed by atoms with van der Waals surface area (Å²) in [7, 11) is 3.75. The molecule has 0 heterocycles. The standard InChI is InChI=1S/C14H22N2O3/c1-16(2)11-12(17)10-15-14(18)8-9-19-13-6-4-3-5-7-13/h3-7,12,17H,8-11H2,1-2H3,(H,15,18). The number of hydrogen-bond donors (Lipinski definition) is 2. The van der Waals surface area contributed by atoms with Crippen molar-refractivity contribution in [3.63, 3.8) is 0 Å². The Balaban J connectivity index is 2.11. The molecular formula is C14H22N2O3. The first-order chi connectivity index (χ1) is 9.08. The maximum absolute atomic E-state index is 11.5. The van der Waals surface area contributed by atoms with E-state index >= 15 is 0 Å². The van der Waals surface area contributed by atoms with Crippen LogP contribution in [0.4, 0.5) is 0 Å². The molecule has 0 spiro atoms. The highest BCUT2D eigenvalue weighted by atomic mass is 16.5. The number of carbonyl (C=O) groups excluding carboxylic acids is 1. The third-order valence-corrected chi connectivity index (χ3v) is 2.45. The number of benzene rings is 1. The van der Waals surface area contributed by atoms with Gasteiger partial charge >= 0.3 is 0 Å². The molecule has 0 fully saturated rings. The number of ether oxygens (including phenoxy) is 1. The Bertz CT molecular complexity index is 368. The molecule has 0 aliphatic heterocycles. The maximum atomic E-state index is 11.5. The van der Waals surface area contributed by atoms with Crippen LogP contribution in [0.1, 0.15) is 6.42 Å². The van der Waals surface area contributed by atoms with Crippen molar-refractivity contribution in [2.45, 2.75) is 12.5 Å². The predicted octanol–water partition coefficient (Wildman–Crippen LogP) is 0.494. The van der Waals surface area contributed by atoms with Crippen LogP contribution in [0.25, 0.3) is 0 Å². The lowest BCUT2D eigenvalue weighted by atomic mass is 10.3. The smallest absolute Gasteiger partial charge is 0.223 e. The highest BCUT2D eigenvalue weighted by Crippen LogP contribution is 2.08. The summed E-state index contributed by atoms with van der Waals surface area (Å²) in [5.41, 5.74) is 0. The first kappa shape index (κ1) is 15.5. The topological polar surface area (TPSA) is 61.8 Å². The Labute approximate surface area is 114 Å². The SMILES string of the molecule is CN(C)CC(O)CNC(=O)CCOc1ccccc1. The predicted molar refractivity (Wildman–Crippen MR) is 74.1 cm³/mol. The van der Waals surface area contributed by atoms with Crippen LogP contribution in [0, 0.1) is 0 Å². The second kappa shape index (κ2) is 8.50. The minimum absolute atomic E-state index is 0.117. The quantitative estimate of drug-likeness (QED) is 0.719. The number of carbonyl (C=O) groups is 1. The summed E-state index contributed by atoms with van der Waals surface area (Å²) in [5, 5.41) is 12.3. The highest BCUT2D eigenvalue weighted by molar-refractivity contribution is 5.76. The zero-order valence-corrected chi connectivity index (χ0v) is 11.5. The Kier molecular flexibility index (Phi) is 6.92. The third kappa shape index (κ3) is 7.43. The van der Waals surface area contributed by atoms with Crippen molar-refractivity contribution in [1.82, 2.24) is 10.2 Å². The number of hydrogen-bond acceptors (Lipinski definition) is 4. The van der Waals surface area contributed by atoms with E-state index in [1.165, 1.54) is 0 Å². The van der Waals surface area contributed by atoms with Crippen LogP contribution in [-0.4, -0.2) is 55.8 Å². The number of rotatable bonds is 8. The third-order valence-electron chi connectivity index (χ3n) is 2.45. The van der Waals surface area contributed by atoms with E-state index in [1.807, 2.05) is 49.3 Å². The Morgan fingerprint density at radius 3 is 2.68 bits per heavy atom. The number of para-hydroxylation sites is 1. The average molecular weight is 266 g/mol. The number of aliphatic hydroxyl groups excluding tert-OH is 1. The second-order valence-corrected chi connectivity index (χ2v) is 4.63. The lowest BCUT2D eigenvalue weighted by Gasteiger charge is -2.16. The Hall–Kier alpha value is -1.59. The molecule has 0 aliphatic rings. The summed E-state index contributed by atoms with van der Waals surface area (Å²) >= 11 is 0. The van der Waals surface area contributed by atoms with Crippen LogP contribution in [0.3, 0.4) is 0 Å². The maximum Gasteiger partial charge on any atom is 0.223 e. The van der Waals surface area contributed by atoms with Crippen molar-refractivity contribution in [3.8, 4) is 5.75 Å². The first-order valence-electron chi connectivity index (χ1n) is 6.35. The molecule has 0 saturated carbocycles. The fourth-order valence-electron chi connectivity index (χ4n) is 1.58. The van der Waals surface area contributed by atoms with Gasteiger partial charge in [0, 0.05) is 13.1 Å². The minimum atomic E-state index is -0.547. The van der Waals surface area contributed by atoms with Gasteiger partial charge in [0.2, 0.25) is 5.91 Å². The zero-order valence-electron chi connectivity index (χ0n) is 11.5. The van der Waals surface area contributed by atoms with Crippen LogP contribution in [0.2, 0.25) is 0 Å². The molecule has 5 nitrogen and oxygen atoms in total. The van der Waals surface area contributed by atoms with Gasteiger partial charge in [0.25, 0.3) is 0 Å². The van der Waals surface area contributed by atoms with E-state index in [-0.39, 0.29) is 18.9 Å². The van der Waals surface area contributed by atoms with Crippen LogP contribution >= 0.6 is 0 Å². The molecule has 1 unspecified atom stereocenters. The van der Waals surface area contributed by atoms with Gasteiger partial charge in [0.1, 0.15) is 5.75 Å². The fourth-order valence-corrected chi connectivity index (χ4v) is 1.58. The highest BCUT2D eigenvalue weighted by Gasteiger charge is 2.08. The Morgan fingerprint density at radius 1 is 1.37 bits per heavy atom. The van der Waals surface area contributed by atoms with E-state index in [0.29, 0.717) is 13.2 Å². The fraction of sp³-hybridized carbons (Fsp3) is 0.500. The normalized spacial score (nSPS) is 12.2. The molecule has 0 saturated heterocycles. The second-order valence-electron chi connectivity index (χ2n) is 4.63. The molecule has 2 N–H and O–H groups in total. The average Bonchev–Trinajstić information content (AvgIpc) is 2.37. The molecule has 0 radical (unpaired) electrons. The van der Waals surface area contributed by atoms with Crippen molar-refractivity contribution < 1.29 is 14.6 Å². The summed E-state index contributed by atoms with van der Waals surface area (Å²) in [6.07, 6.45) is -0.266. The molecule has 5 heteroatoms. The van der Waals surface area contributed by atoms with Gasteiger partial charge in [0.15, 0.2) is 0 Å². The van der Waals surface area contributed by atoms with E-state index in [0.717, 1.165) is 5.75 Å². The molecule has 1 aromatic carbocycles. The van der Waals surface area contributed by atoms with Gasteiger partial charge in [-0.3, -0.25) is 4.79 Å². The molecule has 1 atom stereocenters. The molecule has 106 valence electrons. The molecule has 0 bridgehead atoms. The van der Waals surface area contributed by atoms with E-state index in [2.05, 4.69) is 5.32 Å². The van der Waals surface area contributed by atoms with Crippen molar-refractivity contribution in [3.05, 3.63) is 30.3 Å². The van der Waals surface area contributed by atoms with Crippen molar-refractivity contribution in [1.29, 1.82) is 0 Å². The number of nitrogens with zero attached hydrogens (tertiary/aromatic N) is 1. The van der Waals surface area contributed by atoms with E-state index in [1.54, 1.807) is 0 Å². The van der Waals surface area contributed by atoms with Gasteiger partial charge in [-0.05, 0) is 26.2 Å². The lowest BCUT2D eigenvalue weighted by molar-refractivity contribution is -0.122. The summed E-state index contributed by atoms with van der Waals surface area (Å²) in [4.78, 5) is 13.4. The van der Waals surface area contributed by atoms with E-state index in [4.69, 9.17) is 4.74 Å². The molecule has 0 aromatic heterocycles. The lowest BCUT2D eigenvalue weighted by Crippen LogP contribution is -2.38. The van der Waals surface area contributed by atoms with E-state index in [9.17, 15) is 9.90 Å². The summed E-state index contributed by atoms with van der Waals surface area (Å²) < 4.78 is 5.42. The molecule has 0 aliphatic carbocycles. The molecule has 1 rings (SSSR count). The molecular weight excluding hydrogens is 244 g/mol. The van der Waals surface area contributed by atoms with Gasteiger partial charge in [-0.1, -0.05) is 18.2 Å². The minimum Gasteiger partial charge on any atom is -0.493 e. The van der Waals surface area contributed by atoms with Crippen LogP contribution in [0.5, 0.6) is 5.75 Å². The number of amides is 1. The Morgan fingerprint density at radius 2 is 2.05 bits per heavy atom. The van der Waals surface area contributed by atoms with Gasteiger partial charge in [-0.2, -0.15) is 0 Å². The number of aliphatic hydroxyl groups is 1. The van der Waals surface area contributed by atoms with Crippen molar-refractivity contribution in [2.75, 3.05) is 33.8 Å². The van der Waals surface area contributed by atoms with Crippen LogP contribution < -0.4 is 10.1 Å². The van der Waals surface area contributed by atoms with E-state index < -0.39 is 6.10 Å². The largest absolute Gasteiger partial charge is 0.493 e. The molecule has 19 heavy (non-hydrogen) atoms. The van der Waals surface area contributed by atoms with Crippen molar-refractivity contribution >= 4 is 5.91 Å². The summed E-state index contributed by atoms with van der Waals surface area (Å²) in [5.74, 6) is 0.636. The van der Waals surface area contributed by atoms with Crippen LogP contribution in [-0.2, 0) is 4.79 Å². The monoisotopic (exact) mass is 266 g/mol. The van der Waals surface area contributed by atoms with Gasteiger partial charge < -0.3 is 20.1 Å². The zero-order chi connectivity index (χ0) is 14.1. The van der Waals surface area contributed by atoms with Crippen LogP contribution in [0.15, 0.2) is 30.3 Å². The van der Waals surface area contributed by atoms with Gasteiger partial charge in [0.05, 0.1) is 19.1 Å². The van der Waals surface area contributed by atoms with Gasteiger partial charge in [-0.15, -0.1) is 0 Å². The van der Waals surface area contributed by atoms with Gasteiger partial charge in [-0.25, -0.2) is 0 Å². The molecule has 1 amide bonds. The summed E-state index contributed by atoms with van der Waals surface area (Å²) in [6, 6.07) is 9.36. The molecule has 1 aromatic rings. The number of nitrogens with one attached hydrogen (secondary N) is 1. The summed E-state index contributed by atoms with van der Waals surface area (Å²) in [6.45, 7) is 1.13.